The van der Waals surface area contributed by atoms with Gasteiger partial charge in [-0.05, 0) is 101 Å². The highest BCUT2D eigenvalue weighted by Crippen LogP contribution is 2.45. The maximum absolute atomic E-state index is 12.3. The van der Waals surface area contributed by atoms with Gasteiger partial charge in [-0.25, -0.2) is 4.79 Å². The Hall–Kier alpha value is -8.36. The minimum absolute atomic E-state index is 0.0129. The van der Waals surface area contributed by atoms with Gasteiger partial charge in [0, 0.05) is 10.8 Å². The first-order valence-corrected chi connectivity index (χ1v) is 25.2. The van der Waals surface area contributed by atoms with E-state index in [9.17, 15) is 76.8 Å². The molecule has 7 aromatic carbocycles. The minimum Gasteiger partial charge on any atom is -0.504 e. The number of phenols is 2. The molecule has 372 valence electrons. The highest BCUT2D eigenvalue weighted by Gasteiger charge is 2.25. The smallest absolute Gasteiger partial charge is 0.394 e. The summed E-state index contributed by atoms with van der Waals surface area (Å²) in [5.74, 6) is -5.28. The molecule has 0 aliphatic carbocycles. The number of aliphatic carboxylic acids is 1. The monoisotopic (exact) mass is 1070 g/mol. The van der Waals surface area contributed by atoms with Crippen molar-refractivity contribution in [3.8, 4) is 34.1 Å². The second-order valence-electron chi connectivity index (χ2n) is 14.6. The summed E-state index contributed by atoms with van der Waals surface area (Å²) >= 11 is 0. The molecular weight excluding hydrogens is 1030 g/mol. The number of ether oxygens (including phenoxy) is 2. The van der Waals surface area contributed by atoms with E-state index in [1.807, 2.05) is 0 Å². The lowest BCUT2D eigenvalue weighted by atomic mass is 10.0. The zero-order valence-electron chi connectivity index (χ0n) is 36.2. The molecule has 0 fully saturated rings. The lowest BCUT2D eigenvalue weighted by molar-refractivity contribution is -0.147. The molecule has 26 nitrogen and oxygen atoms in total. The van der Waals surface area contributed by atoms with Crippen LogP contribution in [0.15, 0.2) is 153 Å². The van der Waals surface area contributed by atoms with E-state index in [-0.39, 0.29) is 61.5 Å². The summed E-state index contributed by atoms with van der Waals surface area (Å²) < 4.78 is 145. The normalized spacial score (nSPS) is 12.6. The number of carbonyl (C=O) groups is 2. The average molecular weight is 1070 g/mol. The number of fused-ring (bicyclic) bond motifs is 2. The topological polar surface area (TPSA) is 417 Å². The maximum atomic E-state index is 12.3. The molecule has 0 aliphatic rings. The molecular formula is C42H31N7O19S4. The number of nitrogens with zero attached hydrogens (tertiary/aromatic N) is 6. The summed E-state index contributed by atoms with van der Waals surface area (Å²) in [6.07, 6.45) is 0. The summed E-state index contributed by atoms with van der Waals surface area (Å²) in [6.45, 7) is 0. The summed E-state index contributed by atoms with van der Waals surface area (Å²) in [4.78, 5) is 20.5. The van der Waals surface area contributed by atoms with Gasteiger partial charge in [0.1, 0.15) is 49.7 Å². The van der Waals surface area contributed by atoms with Crippen molar-refractivity contribution < 1.29 is 86.3 Å². The van der Waals surface area contributed by atoms with Gasteiger partial charge in [0.2, 0.25) is 0 Å². The second kappa shape index (κ2) is 19.4. The number of amides is 1. The van der Waals surface area contributed by atoms with Gasteiger partial charge in [0.05, 0.1) is 35.4 Å². The molecule has 7 aromatic rings. The third kappa shape index (κ3) is 11.0. The number of methoxy groups -OCH3 is 2. The van der Waals surface area contributed by atoms with Crippen molar-refractivity contribution in [1.29, 1.82) is 0 Å². The molecule has 0 aliphatic heterocycles. The van der Waals surface area contributed by atoms with E-state index in [2.05, 4.69) is 36.0 Å². The highest BCUT2D eigenvalue weighted by atomic mass is 32.2. The fraction of sp³-hybridized carbons (Fsp3) is 0.0476. The number of azo groups is 3. The fourth-order valence-electron chi connectivity index (χ4n) is 6.72. The van der Waals surface area contributed by atoms with Crippen molar-refractivity contribution in [3.05, 3.63) is 103 Å². The number of hydrogen-bond donors (Lipinski definition) is 8. The molecule has 0 radical (unpaired) electrons. The lowest BCUT2D eigenvalue weighted by Gasteiger charge is -2.11. The summed E-state index contributed by atoms with van der Waals surface area (Å²) in [6, 6.07) is 20.1. The van der Waals surface area contributed by atoms with Gasteiger partial charge in [-0.1, -0.05) is 24.3 Å². The van der Waals surface area contributed by atoms with E-state index in [4.69, 9.17) is 9.47 Å². The Morgan fingerprint density at radius 1 is 0.486 bits per heavy atom. The first-order chi connectivity index (χ1) is 33.7. The van der Waals surface area contributed by atoms with Gasteiger partial charge >= 0.3 is 11.9 Å². The number of carbonyl (C=O) groups excluding carboxylic acids is 1. The summed E-state index contributed by atoms with van der Waals surface area (Å²) in [5.41, 5.74) is -0.490. The molecule has 7 rings (SSSR count). The van der Waals surface area contributed by atoms with Gasteiger partial charge in [0.15, 0.2) is 11.5 Å². The van der Waals surface area contributed by atoms with Gasteiger partial charge < -0.3 is 30.1 Å². The van der Waals surface area contributed by atoms with Crippen LogP contribution in [-0.2, 0) is 50.1 Å². The van der Waals surface area contributed by atoms with Crippen molar-refractivity contribution in [2.75, 3.05) is 19.5 Å². The first-order valence-electron chi connectivity index (χ1n) is 19.5. The molecule has 0 spiro atoms. The molecule has 0 aromatic heterocycles. The number of hydrogen-bond acceptors (Lipinski definition) is 20. The van der Waals surface area contributed by atoms with Crippen LogP contribution in [0.25, 0.3) is 32.7 Å². The third-order valence-corrected chi connectivity index (χ3v) is 13.5. The molecule has 1 amide bonds. The van der Waals surface area contributed by atoms with Gasteiger partial charge in [-0.3, -0.25) is 23.0 Å². The predicted molar refractivity (Wildman–Crippen MR) is 251 cm³/mol. The Kier molecular flexibility index (Phi) is 13.9. The Labute approximate surface area is 405 Å². The SMILES string of the molecule is COc1cc(-c2ccc(N=Nc3c(O)c(S(=O)(=O)O)cc4cc(S(=O)(=O)O)ccc34)c(OC)c2)ccc1N=Nc1ccc(N=Nc2c(O)c(S(=O)(=O)O)cc3cc(S(=O)(=O)O)ccc23)cc1NC(=O)C(=O)O. The molecule has 8 N–H and O–H groups in total. The van der Waals surface area contributed by atoms with Gasteiger partial charge in [0.25, 0.3) is 40.5 Å². The standard InChI is InChI=1S/C42H31N7O19S4/c1-67-33-15-20(21-4-11-31(34(16-21)68-2)47-49-38-28-9-7-26(70(58,59)60)14-23(28)18-36(40(38)51)72(64,65)66)3-10-30(33)46-45-29-12-5-24(19-32(29)43-41(52)42(53)54)44-48-37-27-8-6-25(69(55,56)57)13-22(27)17-35(39(37)50)71(61,62)63/h3-19,50-51H,1-2H3,(H,43,52)(H,53,54)(H,55,56,57)(H,58,59,60)(H,61,62,63)(H,64,65,66). The molecule has 0 atom stereocenters. The van der Waals surface area contributed by atoms with Gasteiger partial charge in [-0.15, -0.1) is 25.6 Å². The Bertz CT molecular complexity index is 4020. The molecule has 0 heterocycles. The third-order valence-electron chi connectivity index (χ3n) is 10.1. The van der Waals surface area contributed by atoms with Crippen molar-refractivity contribution in [3.63, 3.8) is 0 Å². The maximum Gasteiger partial charge on any atom is 0.394 e. The molecule has 30 heteroatoms. The number of rotatable bonds is 14. The number of nitrogens with one attached hydrogen (secondary N) is 1. The molecule has 0 saturated carbocycles. The van der Waals surface area contributed by atoms with Crippen LogP contribution in [-0.4, -0.2) is 93.3 Å². The molecule has 0 unspecified atom stereocenters. The molecule has 0 saturated heterocycles. The number of phenolic OH excluding ortho intramolecular Hbond substituents is 2. The fourth-order valence-corrected chi connectivity index (χ4v) is 8.99. The number of benzene rings is 7. The van der Waals surface area contributed by atoms with Crippen LogP contribution in [0, 0.1) is 0 Å². The average Bonchev–Trinajstić information content (AvgIpc) is 3.31. The zero-order chi connectivity index (χ0) is 52.7. The van der Waals surface area contributed by atoms with Crippen molar-refractivity contribution >= 4 is 114 Å². The number of aromatic hydroxyl groups is 2. The van der Waals surface area contributed by atoms with Crippen LogP contribution in [0.2, 0.25) is 0 Å². The summed E-state index contributed by atoms with van der Waals surface area (Å²) in [7, 11) is -17.1. The van der Waals surface area contributed by atoms with E-state index in [1.54, 1.807) is 18.2 Å². The van der Waals surface area contributed by atoms with E-state index >= 15 is 0 Å². The Morgan fingerprint density at radius 3 is 1.32 bits per heavy atom. The van der Waals surface area contributed by atoms with Gasteiger partial charge in [-0.2, -0.15) is 38.8 Å². The lowest BCUT2D eigenvalue weighted by Crippen LogP contribution is -2.21. The van der Waals surface area contributed by atoms with Crippen LogP contribution in [0.3, 0.4) is 0 Å². The van der Waals surface area contributed by atoms with E-state index in [0.29, 0.717) is 11.1 Å². The van der Waals surface area contributed by atoms with Crippen LogP contribution in [0.5, 0.6) is 23.0 Å². The Morgan fingerprint density at radius 2 is 0.903 bits per heavy atom. The number of anilines is 1. The second-order valence-corrected chi connectivity index (χ2v) is 20.3. The number of carboxylic acid groups (broad SMARTS) is 1. The van der Waals surface area contributed by atoms with Crippen molar-refractivity contribution in [2.45, 2.75) is 19.6 Å². The van der Waals surface area contributed by atoms with E-state index in [0.717, 1.165) is 54.6 Å². The zero-order valence-corrected chi connectivity index (χ0v) is 39.4. The first kappa shape index (κ1) is 51.5. The van der Waals surface area contributed by atoms with Crippen LogP contribution in [0.4, 0.5) is 39.8 Å². The van der Waals surface area contributed by atoms with Crippen LogP contribution < -0.4 is 14.8 Å². The molecule has 0 bridgehead atoms. The van der Waals surface area contributed by atoms with Crippen LogP contribution in [0.1, 0.15) is 0 Å². The molecule has 72 heavy (non-hydrogen) atoms. The Balaban J connectivity index is 1.20. The van der Waals surface area contributed by atoms with Crippen LogP contribution >= 0.6 is 0 Å². The largest absolute Gasteiger partial charge is 0.504 e. The van der Waals surface area contributed by atoms with E-state index in [1.165, 1.54) is 44.6 Å². The predicted octanol–water partition coefficient (Wildman–Crippen LogP) is 8.34. The highest BCUT2D eigenvalue weighted by molar-refractivity contribution is 7.86. The number of carboxylic acids is 1. The quantitative estimate of drug-likeness (QED) is 0.0288. The minimum atomic E-state index is -5.14. The van der Waals surface area contributed by atoms with Crippen molar-refractivity contribution in [2.24, 2.45) is 30.7 Å². The summed E-state index contributed by atoms with van der Waals surface area (Å²) in [5, 5.41) is 56.9. The van der Waals surface area contributed by atoms with Crippen molar-refractivity contribution in [1.82, 2.24) is 0 Å². The van der Waals surface area contributed by atoms with E-state index < -0.39 is 94.8 Å².